The van der Waals surface area contributed by atoms with Gasteiger partial charge in [-0.05, 0) is 48.2 Å². The van der Waals surface area contributed by atoms with Gasteiger partial charge in [0.2, 0.25) is 0 Å². The lowest BCUT2D eigenvalue weighted by Crippen LogP contribution is -2.15. The summed E-state index contributed by atoms with van der Waals surface area (Å²) in [5, 5.41) is 0.283. The van der Waals surface area contributed by atoms with Crippen molar-refractivity contribution in [3.05, 3.63) is 53.6 Å². The van der Waals surface area contributed by atoms with Crippen molar-refractivity contribution in [3.63, 3.8) is 0 Å². The Kier molecular flexibility index (Phi) is 7.58. The van der Waals surface area contributed by atoms with E-state index in [2.05, 4.69) is 13.8 Å². The molecule has 0 saturated carbocycles. The van der Waals surface area contributed by atoms with E-state index in [0.717, 1.165) is 28.2 Å². The lowest BCUT2D eigenvalue weighted by Gasteiger charge is -2.18. The van der Waals surface area contributed by atoms with E-state index >= 15 is 0 Å². The molecule has 0 spiro atoms. The van der Waals surface area contributed by atoms with Crippen molar-refractivity contribution >= 4 is 17.7 Å². The van der Waals surface area contributed by atoms with Crippen LogP contribution >= 0.6 is 11.8 Å². The molecule has 2 rings (SSSR count). The molecule has 0 aromatic heterocycles. The molecule has 0 N–H and O–H groups in total. The van der Waals surface area contributed by atoms with Crippen LogP contribution in [0.4, 0.5) is 13.2 Å². The summed E-state index contributed by atoms with van der Waals surface area (Å²) in [6.07, 6.45) is -3.74. The van der Waals surface area contributed by atoms with E-state index in [0.29, 0.717) is 18.6 Å². The molecule has 0 heterocycles. The molecule has 2 aromatic carbocycles. The third kappa shape index (κ3) is 5.53. The molecular formula is C22H25F3O2S. The first kappa shape index (κ1) is 22.3. The number of carbonyl (C=O) groups excluding carboxylic acids is 1. The molecule has 0 aliphatic rings. The largest absolute Gasteiger partial charge is 0.466 e. The Balaban J connectivity index is 2.46. The molecule has 152 valence electrons. The van der Waals surface area contributed by atoms with Gasteiger partial charge in [0.15, 0.2) is 0 Å². The number of ether oxygens (including phenoxy) is 1. The topological polar surface area (TPSA) is 26.3 Å². The fourth-order valence-corrected chi connectivity index (χ4v) is 3.99. The minimum Gasteiger partial charge on any atom is -0.466 e. The minimum atomic E-state index is -4.36. The first-order valence-corrected chi connectivity index (χ1v) is 10.2. The van der Waals surface area contributed by atoms with Gasteiger partial charge < -0.3 is 4.74 Å². The third-order valence-corrected chi connectivity index (χ3v) is 5.34. The van der Waals surface area contributed by atoms with Crippen LogP contribution in [0.5, 0.6) is 0 Å². The number of hydrogen-bond donors (Lipinski definition) is 0. The first-order chi connectivity index (χ1) is 13.2. The highest BCUT2D eigenvalue weighted by atomic mass is 32.2. The van der Waals surface area contributed by atoms with Crippen LogP contribution in [0.1, 0.15) is 51.2 Å². The van der Waals surface area contributed by atoms with E-state index in [1.54, 1.807) is 18.7 Å². The number of alkyl halides is 3. The number of halogens is 3. The summed E-state index contributed by atoms with van der Waals surface area (Å²) in [6, 6.07) is 10.9. The van der Waals surface area contributed by atoms with Crippen molar-refractivity contribution in [3.8, 4) is 11.1 Å². The Labute approximate surface area is 168 Å². The van der Waals surface area contributed by atoms with Crippen molar-refractivity contribution in [2.24, 2.45) is 0 Å². The van der Waals surface area contributed by atoms with Crippen LogP contribution in [-0.2, 0) is 15.7 Å². The van der Waals surface area contributed by atoms with Gasteiger partial charge in [-0.1, -0.05) is 45.0 Å². The summed E-state index contributed by atoms with van der Waals surface area (Å²) in [7, 11) is 0. The Morgan fingerprint density at radius 3 is 2.21 bits per heavy atom. The third-order valence-electron chi connectivity index (χ3n) is 4.27. The highest BCUT2D eigenvalue weighted by Crippen LogP contribution is 2.38. The molecule has 0 aliphatic carbocycles. The zero-order valence-electron chi connectivity index (χ0n) is 16.5. The van der Waals surface area contributed by atoms with E-state index in [1.807, 2.05) is 25.1 Å². The van der Waals surface area contributed by atoms with Crippen LogP contribution in [0.25, 0.3) is 11.1 Å². The fourth-order valence-electron chi connectivity index (χ4n) is 2.97. The molecule has 0 fully saturated rings. The average molecular weight is 411 g/mol. The van der Waals surface area contributed by atoms with Crippen molar-refractivity contribution in [1.29, 1.82) is 0 Å². The normalized spacial score (nSPS) is 12.9. The first-order valence-electron chi connectivity index (χ1n) is 9.32. The van der Waals surface area contributed by atoms with Crippen LogP contribution in [0.3, 0.4) is 0 Å². The molecule has 1 atom stereocenters. The summed E-state index contributed by atoms with van der Waals surface area (Å²) in [4.78, 5) is 13.2. The van der Waals surface area contributed by atoms with Crippen molar-refractivity contribution in [2.45, 2.75) is 56.4 Å². The van der Waals surface area contributed by atoms with Gasteiger partial charge in [-0.15, -0.1) is 11.8 Å². The Morgan fingerprint density at radius 1 is 1.07 bits per heavy atom. The number of thioether (sulfide) groups is 1. The summed E-state index contributed by atoms with van der Waals surface area (Å²) in [5.41, 5.74) is 1.76. The van der Waals surface area contributed by atoms with Gasteiger partial charge in [0.05, 0.1) is 18.1 Å². The van der Waals surface area contributed by atoms with Gasteiger partial charge in [-0.2, -0.15) is 13.2 Å². The van der Waals surface area contributed by atoms with E-state index in [4.69, 9.17) is 4.74 Å². The van der Waals surface area contributed by atoms with Crippen molar-refractivity contribution in [1.82, 2.24) is 0 Å². The van der Waals surface area contributed by atoms with Gasteiger partial charge in [0.25, 0.3) is 0 Å². The van der Waals surface area contributed by atoms with Crippen molar-refractivity contribution in [2.75, 3.05) is 6.61 Å². The number of hydrogen-bond acceptors (Lipinski definition) is 3. The molecule has 2 aromatic rings. The minimum absolute atomic E-state index is 0.257. The fraction of sp³-hybridized carbons (Fsp3) is 0.409. The zero-order chi connectivity index (χ0) is 20.9. The predicted octanol–water partition coefficient (Wildman–Crippen LogP) is 6.93. The second kappa shape index (κ2) is 9.50. The monoisotopic (exact) mass is 410 g/mol. The summed E-state index contributed by atoms with van der Waals surface area (Å²) >= 11 is 1.62. The molecule has 1 unspecified atom stereocenters. The Bertz CT molecular complexity index is 798. The number of carbonyl (C=O) groups is 1. The SMILES string of the molecule is CCOC(=O)C(CC)c1ccc(-c2ccc(C(F)(F)F)cc2)c(SC(C)C)c1. The molecule has 0 amide bonds. The van der Waals surface area contributed by atoms with Gasteiger partial charge in [0, 0.05) is 10.1 Å². The summed E-state index contributed by atoms with van der Waals surface area (Å²) in [5.74, 6) is -0.610. The Hall–Kier alpha value is -1.95. The molecule has 28 heavy (non-hydrogen) atoms. The molecule has 0 saturated heterocycles. The molecule has 0 aliphatic heterocycles. The second-order valence-corrected chi connectivity index (χ2v) is 8.33. The van der Waals surface area contributed by atoms with Crippen LogP contribution in [0, 0.1) is 0 Å². The molecule has 0 radical (unpaired) electrons. The van der Waals surface area contributed by atoms with Gasteiger partial charge in [-0.3, -0.25) is 4.79 Å². The predicted molar refractivity (Wildman–Crippen MR) is 108 cm³/mol. The number of benzene rings is 2. The Morgan fingerprint density at radius 2 is 1.71 bits per heavy atom. The van der Waals surface area contributed by atoms with E-state index in [1.165, 1.54) is 12.1 Å². The van der Waals surface area contributed by atoms with Crippen LogP contribution in [-0.4, -0.2) is 17.8 Å². The van der Waals surface area contributed by atoms with Gasteiger partial charge in [-0.25, -0.2) is 0 Å². The highest BCUT2D eigenvalue weighted by molar-refractivity contribution is 8.00. The maximum Gasteiger partial charge on any atom is 0.416 e. The quantitative estimate of drug-likeness (QED) is 0.366. The second-order valence-electron chi connectivity index (χ2n) is 6.71. The van der Waals surface area contributed by atoms with Gasteiger partial charge in [0.1, 0.15) is 0 Å². The summed E-state index contributed by atoms with van der Waals surface area (Å²) in [6.45, 7) is 8.14. The molecule has 6 heteroatoms. The standard InChI is InChI=1S/C22H25F3O2S/c1-5-18(21(26)27-6-2)16-9-12-19(20(13-16)28-14(3)4)15-7-10-17(11-8-15)22(23,24)25/h7-14,18H,5-6H2,1-4H3. The average Bonchev–Trinajstić information content (AvgIpc) is 2.62. The molecule has 0 bridgehead atoms. The summed E-state index contributed by atoms with van der Waals surface area (Å²) < 4.78 is 43.7. The zero-order valence-corrected chi connectivity index (χ0v) is 17.3. The lowest BCUT2D eigenvalue weighted by atomic mass is 9.94. The van der Waals surface area contributed by atoms with Crippen LogP contribution in [0.2, 0.25) is 0 Å². The smallest absolute Gasteiger partial charge is 0.416 e. The van der Waals surface area contributed by atoms with E-state index < -0.39 is 11.7 Å². The molecule has 2 nitrogen and oxygen atoms in total. The van der Waals surface area contributed by atoms with E-state index in [9.17, 15) is 18.0 Å². The van der Waals surface area contributed by atoms with Gasteiger partial charge >= 0.3 is 12.1 Å². The van der Waals surface area contributed by atoms with Crippen LogP contribution < -0.4 is 0 Å². The number of esters is 1. The maximum absolute atomic E-state index is 12.8. The van der Waals surface area contributed by atoms with Crippen LogP contribution in [0.15, 0.2) is 47.4 Å². The number of rotatable bonds is 7. The maximum atomic E-state index is 12.8. The highest BCUT2D eigenvalue weighted by Gasteiger charge is 2.30. The van der Waals surface area contributed by atoms with Crippen molar-refractivity contribution < 1.29 is 22.7 Å². The lowest BCUT2D eigenvalue weighted by molar-refractivity contribution is -0.145. The van der Waals surface area contributed by atoms with E-state index in [-0.39, 0.29) is 17.1 Å². The molecular weight excluding hydrogens is 385 g/mol.